The van der Waals surface area contributed by atoms with Crippen LogP contribution in [-0.4, -0.2) is 48.8 Å². The average molecular weight is 1880 g/mol. The molecule has 144 heavy (non-hydrogen) atoms. The molecule has 12 nitrogen and oxygen atoms in total. The molecule has 0 spiro atoms. The SMILES string of the molecule is [Li+].[O-]c1cccc2ccc[nH+]c12.c1ccc(-n2c3ccccc3c3cc(-c4ccc5c(c4)c4ccccc4n5-c4ccc5c(c4)c4ccccc4n5-c4ccccc4)ccc32)cc1.c1ccc2cc(-c3c4ccccc4c(-c4ccc5ccccc5c4)c4cc(-c5nccc6c5sc5ccccc56)ccc34)ccc2c1.c1cnc2c([O][Al]([O]c3cccc4cccnc34)[O]c3cccc4cccnc34)cccc2c1. The summed E-state index contributed by atoms with van der Waals surface area (Å²) in [6.45, 7) is 0. The van der Waals surface area contributed by atoms with Gasteiger partial charge in [0.05, 0.1) is 43.5 Å². The van der Waals surface area contributed by atoms with Crippen molar-refractivity contribution in [1.29, 1.82) is 0 Å². The van der Waals surface area contributed by atoms with E-state index in [9.17, 15) is 5.11 Å². The van der Waals surface area contributed by atoms with E-state index in [0.717, 1.165) is 55.0 Å². The van der Waals surface area contributed by atoms with Crippen molar-refractivity contribution in [3.63, 3.8) is 0 Å². The molecule has 0 amide bonds. The number of hydrogen-bond acceptors (Lipinski definition) is 9. The normalized spacial score (nSPS) is 11.4. The van der Waals surface area contributed by atoms with Crippen LogP contribution in [0, 0.1) is 0 Å². The molecule has 0 radical (unpaired) electrons. The first-order chi connectivity index (χ1) is 70.8. The van der Waals surface area contributed by atoms with Gasteiger partial charge in [0.25, 0.3) is 0 Å². The van der Waals surface area contributed by atoms with Crippen molar-refractivity contribution in [2.75, 3.05) is 0 Å². The summed E-state index contributed by atoms with van der Waals surface area (Å²) in [7, 11) is 0. The molecule has 15 heteroatoms. The van der Waals surface area contributed by atoms with E-state index in [1.807, 2.05) is 127 Å². The molecule has 0 saturated carbocycles. The number of aromatic amines is 1. The molecule has 0 aliphatic heterocycles. The van der Waals surface area contributed by atoms with E-state index >= 15 is 0 Å². The van der Waals surface area contributed by atoms with Gasteiger partial charge in [-0.15, -0.1) is 11.3 Å². The Balaban J connectivity index is 0.000000108. The first-order valence-corrected chi connectivity index (χ1v) is 50.1. The van der Waals surface area contributed by atoms with E-state index in [2.05, 4.69) is 379 Å². The second-order valence-electron chi connectivity index (χ2n) is 35.7. The van der Waals surface area contributed by atoms with E-state index < -0.39 is 15.1 Å². The van der Waals surface area contributed by atoms with Crippen molar-refractivity contribution in [2.45, 2.75) is 0 Å². The topological polar surface area (TPSA) is 131 Å². The number of nitrogens with one attached hydrogen (secondary N) is 1. The number of benzene rings is 20. The zero-order chi connectivity index (χ0) is 94.8. The minimum Gasteiger partial charge on any atom is -0.868 e. The molecule has 0 atom stereocenters. The molecule has 0 aliphatic carbocycles. The van der Waals surface area contributed by atoms with Gasteiger partial charge < -0.3 is 30.2 Å². The Hall–Kier alpha value is -17.8. The molecular weight excluding hydrogens is 1790 g/mol. The number of aromatic nitrogens is 8. The summed E-state index contributed by atoms with van der Waals surface area (Å²) in [6.07, 6.45) is 8.96. The number of hydrogen-bond donors (Lipinski definition) is 0. The minimum atomic E-state index is -2.86. The second-order valence-corrected chi connectivity index (χ2v) is 38.1. The van der Waals surface area contributed by atoms with E-state index in [1.165, 1.54) is 173 Å². The number of pyridine rings is 5. The number of fused-ring (bicyclic) bond motifs is 20. The van der Waals surface area contributed by atoms with Crippen molar-refractivity contribution in [2.24, 2.45) is 0 Å². The zero-order valence-electron chi connectivity index (χ0n) is 78.1. The van der Waals surface area contributed by atoms with Crippen LogP contribution in [0.2, 0.25) is 0 Å². The molecule has 29 rings (SSSR count). The zero-order valence-corrected chi connectivity index (χ0v) is 80.1. The molecule has 1 N–H and O–H groups in total. The third kappa shape index (κ3) is 16.0. The van der Waals surface area contributed by atoms with Gasteiger partial charge in [0, 0.05) is 123 Å². The van der Waals surface area contributed by atoms with E-state index in [1.54, 1.807) is 36.9 Å². The van der Waals surface area contributed by atoms with Crippen molar-refractivity contribution in [3.8, 4) is 84.7 Å². The van der Waals surface area contributed by atoms with Crippen LogP contribution >= 0.6 is 11.3 Å². The van der Waals surface area contributed by atoms with Crippen molar-refractivity contribution in [1.82, 2.24) is 33.6 Å². The van der Waals surface area contributed by atoms with Gasteiger partial charge in [0.2, 0.25) is 5.52 Å². The van der Waals surface area contributed by atoms with Crippen LogP contribution in [0.4, 0.5) is 0 Å². The fourth-order valence-electron chi connectivity index (χ4n) is 20.9. The standard InChI is InChI=1S/C48H31N3.C45H27NS.4C9H7NO.Al.Li/c1-3-13-34(14-4-1)49-43-20-10-7-17-37(43)40-29-32(23-26-46(40)49)33-24-27-47-41(30-33)38-18-8-12-22-45(38)51(47)36-25-28-48-42(31-36)39-19-9-11-21-44(39)50(48)35-15-5-2-6-16-35;1-3-11-30-25-32(19-17-28(30)9-1)42-36-14-5-6-15-37(36)43(33-20-18-29-10-2-4-12-31(29)26-33)40-27-34(21-22-38(40)42)44-45-39(23-24-46-44)35-13-7-8-16-41(35)47-45;4*11-8-5-1-3-7-4-2-6-10-9(7)8;;/h1-31H;1-27H;4*1-6,11H;;/q;;;;;;+3;+1/p-3. The predicted octanol–water partition coefficient (Wildman–Crippen LogP) is 29.3. The molecule has 672 valence electrons. The summed E-state index contributed by atoms with van der Waals surface area (Å²) in [4.78, 5) is 21.4. The fourth-order valence-corrected chi connectivity index (χ4v) is 23.5. The largest absolute Gasteiger partial charge is 1.20 e. The van der Waals surface area contributed by atoms with Crippen LogP contribution in [-0.2, 0) is 0 Å². The molecule has 9 aromatic heterocycles. The Labute approximate surface area is 848 Å². The third-order valence-electron chi connectivity index (χ3n) is 27.4. The van der Waals surface area contributed by atoms with Crippen LogP contribution < -0.4 is 40.3 Å². The number of para-hydroxylation sites is 9. The van der Waals surface area contributed by atoms with Crippen molar-refractivity contribution in [3.05, 3.63) is 498 Å². The van der Waals surface area contributed by atoms with Gasteiger partial charge in [-0.2, -0.15) is 0 Å². The molecule has 0 aliphatic rings. The van der Waals surface area contributed by atoms with Crippen LogP contribution in [0.25, 0.3) is 234 Å². The Morgan fingerprint density at radius 1 is 0.243 bits per heavy atom. The summed E-state index contributed by atoms with van der Waals surface area (Å²) in [5.41, 5.74) is 23.3. The molecule has 20 aromatic carbocycles. The first-order valence-electron chi connectivity index (χ1n) is 47.9. The Kier molecular flexibility index (Phi) is 23.0. The molecular formula is C129H83AlLiN8O4S+. The summed E-state index contributed by atoms with van der Waals surface area (Å²) in [5.74, 6) is 1.87. The maximum absolute atomic E-state index is 11.1. The van der Waals surface area contributed by atoms with Gasteiger partial charge in [-0.25, -0.2) is 4.98 Å². The van der Waals surface area contributed by atoms with Gasteiger partial charge >= 0.3 is 34.0 Å². The van der Waals surface area contributed by atoms with Crippen molar-refractivity contribution < 1.29 is 40.3 Å². The van der Waals surface area contributed by atoms with Gasteiger partial charge in [-0.05, 0) is 246 Å². The Bertz CT molecular complexity index is 9860. The predicted molar refractivity (Wildman–Crippen MR) is 591 cm³/mol. The van der Waals surface area contributed by atoms with Crippen LogP contribution in [0.15, 0.2) is 498 Å². The Morgan fingerprint density at radius 3 is 1.15 bits per heavy atom. The molecule has 0 unspecified atom stereocenters. The summed E-state index contributed by atoms with van der Waals surface area (Å²) < 4.78 is 28.9. The van der Waals surface area contributed by atoms with Gasteiger partial charge in [0.15, 0.2) is 6.20 Å². The summed E-state index contributed by atoms with van der Waals surface area (Å²) in [5, 5.41) is 35.1. The Morgan fingerprint density at radius 2 is 0.625 bits per heavy atom. The fraction of sp³-hybridized carbons (Fsp3) is 0. The maximum Gasteiger partial charge on any atom is 1.20 e. The summed E-state index contributed by atoms with van der Waals surface area (Å²) >= 11 is -1.02. The molecule has 0 fully saturated rings. The second kappa shape index (κ2) is 37.7. The van der Waals surface area contributed by atoms with E-state index in [-0.39, 0.29) is 24.6 Å². The number of H-pyrrole nitrogens is 1. The molecule has 0 bridgehead atoms. The number of rotatable bonds is 13. The van der Waals surface area contributed by atoms with E-state index in [4.69, 9.17) is 16.3 Å². The smallest absolute Gasteiger partial charge is 0.868 e. The monoisotopic (exact) mass is 1870 g/mol. The minimum absolute atomic E-state index is 0. The quantitative estimate of drug-likeness (QED) is 0.0824. The average Bonchev–Trinajstić information content (AvgIpc) is 1.71. The van der Waals surface area contributed by atoms with Crippen LogP contribution in [0.5, 0.6) is 23.0 Å². The summed E-state index contributed by atoms with van der Waals surface area (Å²) in [6, 6.07) is 164. The maximum atomic E-state index is 11.1. The van der Waals surface area contributed by atoms with E-state index in [0.29, 0.717) is 22.8 Å². The number of thiophene rings is 1. The molecule has 0 saturated heterocycles. The first kappa shape index (κ1) is 87.7. The van der Waals surface area contributed by atoms with Crippen molar-refractivity contribution >= 4 is 199 Å². The third-order valence-corrected chi connectivity index (χ3v) is 29.9. The molecule has 9 heterocycles. The molecule has 29 aromatic rings. The van der Waals surface area contributed by atoms with Crippen LogP contribution in [0.3, 0.4) is 0 Å². The van der Waals surface area contributed by atoms with Crippen LogP contribution in [0.1, 0.15) is 0 Å². The number of nitrogens with zero attached hydrogens (tertiary/aromatic N) is 7. The van der Waals surface area contributed by atoms with Gasteiger partial charge in [0.1, 0.15) is 33.8 Å². The van der Waals surface area contributed by atoms with Gasteiger partial charge in [-0.3, -0.25) is 19.9 Å². The van der Waals surface area contributed by atoms with Gasteiger partial charge in [-0.1, -0.05) is 297 Å².